The van der Waals surface area contributed by atoms with Gasteiger partial charge in [-0.2, -0.15) is 0 Å². The zero-order chi connectivity index (χ0) is 18.8. The predicted octanol–water partition coefficient (Wildman–Crippen LogP) is 5.60. The summed E-state index contributed by atoms with van der Waals surface area (Å²) in [5.74, 6) is -0.695. The Kier molecular flexibility index (Phi) is 16.6. The Balaban J connectivity index is 3.38. The summed E-state index contributed by atoms with van der Waals surface area (Å²) in [6.07, 6.45) is 16.2. The van der Waals surface area contributed by atoms with E-state index in [4.69, 9.17) is 9.47 Å². The molecule has 0 radical (unpaired) electrons. The fourth-order valence-electron chi connectivity index (χ4n) is 2.42. The maximum absolute atomic E-state index is 11.5. The lowest BCUT2D eigenvalue weighted by Crippen LogP contribution is -2.08. The maximum Gasteiger partial charge on any atom is 0.331 e. The average Bonchev–Trinajstić information content (AvgIpc) is 2.59. The van der Waals surface area contributed by atoms with E-state index in [1.54, 1.807) is 0 Å². The zero-order valence-electron chi connectivity index (χ0n) is 16.6. The molecule has 0 heterocycles. The highest BCUT2D eigenvalue weighted by molar-refractivity contribution is 5.91. The first-order valence-corrected chi connectivity index (χ1v) is 10.1. The van der Waals surface area contributed by atoms with Crippen LogP contribution in [0, 0.1) is 5.92 Å². The van der Waals surface area contributed by atoms with Crippen LogP contribution in [-0.2, 0) is 19.1 Å². The summed E-state index contributed by atoms with van der Waals surface area (Å²) >= 11 is 0. The number of carbonyl (C=O) groups is 2. The van der Waals surface area contributed by atoms with Gasteiger partial charge in [0.05, 0.1) is 13.2 Å². The molecule has 0 saturated heterocycles. The lowest BCUT2D eigenvalue weighted by molar-refractivity contribution is -0.141. The van der Waals surface area contributed by atoms with Crippen LogP contribution in [0.1, 0.15) is 91.4 Å². The van der Waals surface area contributed by atoms with Crippen molar-refractivity contribution in [1.29, 1.82) is 0 Å². The normalized spacial score (nSPS) is 11.2. The molecule has 0 aliphatic heterocycles. The molecule has 0 bridgehead atoms. The average molecular weight is 355 g/mol. The topological polar surface area (TPSA) is 52.6 Å². The number of hydrogen-bond donors (Lipinski definition) is 0. The number of unbranched alkanes of at least 4 members (excludes halogenated alkanes) is 10. The van der Waals surface area contributed by atoms with Crippen molar-refractivity contribution in [3.63, 3.8) is 0 Å². The van der Waals surface area contributed by atoms with Crippen molar-refractivity contribution in [1.82, 2.24) is 0 Å². The molecule has 0 aromatic heterocycles. The van der Waals surface area contributed by atoms with Crippen molar-refractivity contribution < 1.29 is 19.1 Å². The van der Waals surface area contributed by atoms with Gasteiger partial charge >= 0.3 is 11.9 Å². The number of carbonyl (C=O) groups excluding carboxylic acids is 2. The Morgan fingerprint density at radius 1 is 0.720 bits per heavy atom. The van der Waals surface area contributed by atoms with Crippen LogP contribution >= 0.6 is 0 Å². The zero-order valence-corrected chi connectivity index (χ0v) is 16.6. The fourth-order valence-corrected chi connectivity index (χ4v) is 2.42. The first-order valence-electron chi connectivity index (χ1n) is 10.1. The molecule has 25 heavy (non-hydrogen) atoms. The predicted molar refractivity (Wildman–Crippen MR) is 102 cm³/mol. The third-order valence-corrected chi connectivity index (χ3v) is 3.91. The lowest BCUT2D eigenvalue weighted by atomic mass is 10.1. The van der Waals surface area contributed by atoms with Gasteiger partial charge in [0.15, 0.2) is 0 Å². The second-order valence-electron chi connectivity index (χ2n) is 7.06. The van der Waals surface area contributed by atoms with E-state index in [0.29, 0.717) is 13.2 Å². The maximum atomic E-state index is 11.5. The van der Waals surface area contributed by atoms with Gasteiger partial charge in [-0.1, -0.05) is 85.0 Å². The highest BCUT2D eigenvalue weighted by Crippen LogP contribution is 2.11. The molecule has 146 valence electrons. The van der Waals surface area contributed by atoms with Crippen LogP contribution in [0.5, 0.6) is 0 Å². The van der Waals surface area contributed by atoms with E-state index in [2.05, 4.69) is 6.92 Å². The van der Waals surface area contributed by atoms with E-state index < -0.39 is 11.9 Å². The molecule has 0 saturated carbocycles. The van der Waals surface area contributed by atoms with Gasteiger partial charge in [0.2, 0.25) is 0 Å². The standard InChI is InChI=1S/C21H38O4/c1-4-5-6-7-8-9-10-11-12-13-14-17-24-20(22)15-16-21(23)25-18-19(2)3/h15-16,19H,4-14,17-18H2,1-3H3/b16-15+. The molecule has 0 aromatic carbocycles. The van der Waals surface area contributed by atoms with Gasteiger partial charge in [0.1, 0.15) is 0 Å². The molecule has 0 amide bonds. The Morgan fingerprint density at radius 3 is 1.64 bits per heavy atom. The van der Waals surface area contributed by atoms with Crippen molar-refractivity contribution in [2.75, 3.05) is 13.2 Å². The monoisotopic (exact) mass is 354 g/mol. The van der Waals surface area contributed by atoms with Crippen LogP contribution in [-0.4, -0.2) is 25.2 Å². The van der Waals surface area contributed by atoms with E-state index in [9.17, 15) is 9.59 Å². The first-order chi connectivity index (χ1) is 12.1. The fraction of sp³-hybridized carbons (Fsp3) is 0.810. The minimum Gasteiger partial charge on any atom is -0.463 e. The molecule has 4 heteroatoms. The molecule has 0 rings (SSSR count). The van der Waals surface area contributed by atoms with Gasteiger partial charge in [-0.3, -0.25) is 0 Å². The van der Waals surface area contributed by atoms with E-state index in [0.717, 1.165) is 25.0 Å². The first kappa shape index (κ1) is 23.7. The Hall–Kier alpha value is -1.32. The summed E-state index contributed by atoms with van der Waals surface area (Å²) < 4.78 is 10.0. The van der Waals surface area contributed by atoms with Crippen LogP contribution in [0.2, 0.25) is 0 Å². The Labute approximate surface area is 154 Å². The van der Waals surface area contributed by atoms with Crippen LogP contribution in [0.25, 0.3) is 0 Å². The summed E-state index contributed by atoms with van der Waals surface area (Å²) in [7, 11) is 0. The highest BCUT2D eigenvalue weighted by atomic mass is 16.5. The molecular formula is C21H38O4. The molecule has 0 atom stereocenters. The number of hydrogen-bond acceptors (Lipinski definition) is 4. The minimum absolute atomic E-state index is 0.283. The van der Waals surface area contributed by atoms with E-state index in [1.165, 1.54) is 57.8 Å². The smallest absolute Gasteiger partial charge is 0.331 e. The molecule has 0 aliphatic carbocycles. The summed E-state index contributed by atoms with van der Waals surface area (Å²) in [6.45, 7) is 6.94. The Morgan fingerprint density at radius 2 is 1.16 bits per heavy atom. The lowest BCUT2D eigenvalue weighted by Gasteiger charge is -2.04. The van der Waals surface area contributed by atoms with Crippen molar-refractivity contribution >= 4 is 11.9 Å². The van der Waals surface area contributed by atoms with Crippen molar-refractivity contribution in [3.05, 3.63) is 12.2 Å². The quantitative estimate of drug-likeness (QED) is 0.206. The van der Waals surface area contributed by atoms with Crippen molar-refractivity contribution in [2.45, 2.75) is 91.4 Å². The van der Waals surface area contributed by atoms with Gasteiger partial charge in [-0.25, -0.2) is 9.59 Å². The highest BCUT2D eigenvalue weighted by Gasteiger charge is 2.02. The SMILES string of the molecule is CCCCCCCCCCCCCOC(=O)/C=C/C(=O)OCC(C)C. The summed E-state index contributed by atoms with van der Waals surface area (Å²) in [5, 5.41) is 0. The molecule has 0 N–H and O–H groups in total. The molecule has 0 aromatic rings. The number of esters is 2. The summed E-state index contributed by atoms with van der Waals surface area (Å²) in [4.78, 5) is 22.8. The second kappa shape index (κ2) is 17.5. The van der Waals surface area contributed by atoms with Gasteiger partial charge < -0.3 is 9.47 Å². The molecule has 0 fully saturated rings. The molecule has 0 unspecified atom stereocenters. The van der Waals surface area contributed by atoms with Crippen molar-refractivity contribution in [3.8, 4) is 0 Å². The van der Waals surface area contributed by atoms with Crippen LogP contribution in [0.4, 0.5) is 0 Å². The Bertz CT molecular complexity index is 361. The van der Waals surface area contributed by atoms with Gasteiger partial charge in [0, 0.05) is 12.2 Å². The molecular weight excluding hydrogens is 316 g/mol. The minimum atomic E-state index is -0.500. The number of ether oxygens (including phenoxy) is 2. The van der Waals surface area contributed by atoms with Crippen LogP contribution in [0.3, 0.4) is 0 Å². The molecule has 0 spiro atoms. The number of rotatable bonds is 16. The largest absolute Gasteiger partial charge is 0.463 e. The van der Waals surface area contributed by atoms with Crippen molar-refractivity contribution in [2.24, 2.45) is 5.92 Å². The molecule has 0 aliphatic rings. The van der Waals surface area contributed by atoms with Crippen LogP contribution in [0.15, 0.2) is 12.2 Å². The van der Waals surface area contributed by atoms with E-state index >= 15 is 0 Å². The third kappa shape index (κ3) is 18.9. The van der Waals surface area contributed by atoms with Gasteiger partial charge in [-0.15, -0.1) is 0 Å². The summed E-state index contributed by atoms with van der Waals surface area (Å²) in [6, 6.07) is 0. The van der Waals surface area contributed by atoms with E-state index in [1.807, 2.05) is 13.8 Å². The second-order valence-corrected chi connectivity index (χ2v) is 7.06. The van der Waals surface area contributed by atoms with Gasteiger partial charge in [-0.05, 0) is 12.3 Å². The van der Waals surface area contributed by atoms with Crippen LogP contribution < -0.4 is 0 Å². The van der Waals surface area contributed by atoms with Gasteiger partial charge in [0.25, 0.3) is 0 Å². The third-order valence-electron chi connectivity index (χ3n) is 3.91. The molecule has 4 nitrogen and oxygen atoms in total. The summed E-state index contributed by atoms with van der Waals surface area (Å²) in [5.41, 5.74) is 0. The van der Waals surface area contributed by atoms with E-state index in [-0.39, 0.29) is 5.92 Å².